The first kappa shape index (κ1) is 15.1. The second kappa shape index (κ2) is 6.81. The fourth-order valence-electron chi connectivity index (χ4n) is 2.19. The van der Waals surface area contributed by atoms with Crippen LogP contribution in [0.4, 0.5) is 0 Å². The van der Waals surface area contributed by atoms with Crippen molar-refractivity contribution in [3.8, 4) is 0 Å². The number of aliphatic carboxylic acids is 1. The third-order valence-electron chi connectivity index (χ3n) is 3.01. The molecule has 18 heavy (non-hydrogen) atoms. The molecule has 1 radical (unpaired) electrons. The van der Waals surface area contributed by atoms with E-state index < -0.39 is 12.0 Å². The number of carboxylic acid groups (broad SMARTS) is 1. The maximum Gasteiger partial charge on any atom is 0.326 e. The summed E-state index contributed by atoms with van der Waals surface area (Å²) in [5.74, 6) is 0.960. The average Bonchev–Trinajstić information content (AvgIpc) is 2.39. The third-order valence-corrected chi connectivity index (χ3v) is 3.01. The van der Waals surface area contributed by atoms with Crippen molar-refractivity contribution in [1.29, 1.82) is 0 Å². The molecule has 0 bridgehead atoms. The molecule has 0 aromatic carbocycles. The van der Waals surface area contributed by atoms with Crippen LogP contribution in [-0.4, -0.2) is 64.1 Å². The third kappa shape index (κ3) is 3.27. The van der Waals surface area contributed by atoms with Gasteiger partial charge < -0.3 is 15.3 Å². The van der Waals surface area contributed by atoms with Gasteiger partial charge in [0.25, 0.3) is 0 Å². The van der Waals surface area contributed by atoms with Gasteiger partial charge in [0.05, 0.1) is 0 Å². The molecule has 2 aliphatic rings. The maximum atomic E-state index is 11.2. The summed E-state index contributed by atoms with van der Waals surface area (Å²) in [6, 6.07) is -0.495. The van der Waals surface area contributed by atoms with Gasteiger partial charge in [-0.2, -0.15) is 0 Å². The molecule has 0 aliphatic carbocycles. The first-order valence-corrected chi connectivity index (χ1v) is 5.61. The van der Waals surface area contributed by atoms with Gasteiger partial charge in [-0.25, -0.2) is 9.59 Å². The van der Waals surface area contributed by atoms with E-state index in [-0.39, 0.29) is 29.6 Å². The molecule has 1 unspecified atom stereocenters. The van der Waals surface area contributed by atoms with Crippen molar-refractivity contribution in [3.63, 3.8) is 0 Å². The van der Waals surface area contributed by atoms with Gasteiger partial charge in [-0.1, -0.05) is 0 Å². The minimum atomic E-state index is -0.811. The van der Waals surface area contributed by atoms with Crippen LogP contribution in [0.2, 0.25) is 0 Å². The predicted octanol–water partition coefficient (Wildman–Crippen LogP) is 0.261. The molecule has 2 rings (SSSR count). The maximum absolute atomic E-state index is 11.2. The van der Waals surface area contributed by atoms with Gasteiger partial charge in [-0.3, -0.25) is 0 Å². The van der Waals surface area contributed by atoms with E-state index in [1.807, 2.05) is 4.90 Å². The molecular formula is C12H14N2NaO3. The van der Waals surface area contributed by atoms with Crippen LogP contribution in [0.5, 0.6) is 0 Å². The smallest absolute Gasteiger partial charge is 0.326 e. The Kier molecular flexibility index (Phi) is 5.69. The van der Waals surface area contributed by atoms with E-state index in [9.17, 15) is 9.59 Å². The largest absolute Gasteiger partial charge is 0.480 e. The van der Waals surface area contributed by atoms with Crippen molar-refractivity contribution in [2.24, 2.45) is 0 Å². The number of likely N-dealkylation sites (tertiary alicyclic amines) is 1. The molecule has 6 heteroatoms. The summed E-state index contributed by atoms with van der Waals surface area (Å²) in [6.07, 6.45) is 7.59. The van der Waals surface area contributed by atoms with Crippen molar-refractivity contribution in [2.45, 2.75) is 25.3 Å². The van der Waals surface area contributed by atoms with E-state index in [1.54, 1.807) is 24.3 Å². The Labute approximate surface area is 128 Å². The normalized spacial score (nSPS) is 22.4. The van der Waals surface area contributed by atoms with Gasteiger partial charge in [0.2, 0.25) is 0 Å². The predicted molar refractivity (Wildman–Crippen MR) is 67.3 cm³/mol. The molecule has 2 N–H and O–H groups in total. The van der Waals surface area contributed by atoms with Crippen molar-refractivity contribution in [2.75, 3.05) is 6.54 Å². The van der Waals surface area contributed by atoms with Crippen LogP contribution in [0, 0.1) is 0 Å². The van der Waals surface area contributed by atoms with Gasteiger partial charge in [-0.05, 0) is 31.4 Å². The molecule has 2 aliphatic heterocycles. The molecule has 0 spiro atoms. The molecule has 0 amide bonds. The summed E-state index contributed by atoms with van der Waals surface area (Å²) in [7, 11) is 0. The standard InChI is InChI=1S/C12H14N2O3.Na/c15-8-9-7-10(4-5-13-9)14-6-2-1-3-11(14)12(16)17;/h4-5,7,11,13H,1-3,6H2,(H,16,17);. The van der Waals surface area contributed by atoms with E-state index in [4.69, 9.17) is 5.11 Å². The Morgan fingerprint density at radius 1 is 1.50 bits per heavy atom. The summed E-state index contributed by atoms with van der Waals surface area (Å²) >= 11 is 0. The molecule has 1 fully saturated rings. The number of piperidine rings is 1. The molecule has 0 aromatic heterocycles. The fourth-order valence-corrected chi connectivity index (χ4v) is 2.19. The Bertz CT molecular complexity index is 439. The van der Waals surface area contributed by atoms with Gasteiger partial charge in [0.1, 0.15) is 11.7 Å². The Hall–Kier alpha value is -1.000. The topological polar surface area (TPSA) is 69.6 Å². The van der Waals surface area contributed by atoms with Crippen LogP contribution < -0.4 is 5.32 Å². The summed E-state index contributed by atoms with van der Waals surface area (Å²) in [6.45, 7) is 0.708. The zero-order valence-corrected chi connectivity index (χ0v) is 12.3. The number of rotatable bonds is 2. The van der Waals surface area contributed by atoms with Crippen LogP contribution in [0.3, 0.4) is 0 Å². The van der Waals surface area contributed by atoms with Crippen LogP contribution in [0.1, 0.15) is 19.3 Å². The number of hydrogen-bond acceptors (Lipinski definition) is 4. The van der Waals surface area contributed by atoms with Crippen molar-refractivity contribution < 1.29 is 14.7 Å². The zero-order valence-electron chi connectivity index (χ0n) is 10.3. The van der Waals surface area contributed by atoms with Crippen molar-refractivity contribution in [3.05, 3.63) is 29.7 Å². The summed E-state index contributed by atoms with van der Waals surface area (Å²) in [5.41, 5.74) is 1.09. The molecule has 91 valence electrons. The van der Waals surface area contributed by atoms with E-state index in [0.29, 0.717) is 18.7 Å². The van der Waals surface area contributed by atoms with Gasteiger partial charge in [0.15, 0.2) is 5.94 Å². The Balaban J connectivity index is 0.00000162. The van der Waals surface area contributed by atoms with Crippen LogP contribution in [-0.2, 0) is 9.59 Å². The summed E-state index contributed by atoms with van der Waals surface area (Å²) in [5, 5.41) is 11.9. The molecule has 0 aromatic rings. The van der Waals surface area contributed by atoms with E-state index in [0.717, 1.165) is 18.5 Å². The SMILES string of the molecule is O=C=C1C=C(N2CCCCC2C(=O)O)C=CN1.[Na]. The number of carboxylic acids is 1. The van der Waals surface area contributed by atoms with Crippen LogP contribution in [0.15, 0.2) is 29.7 Å². The number of nitrogens with zero attached hydrogens (tertiary/aromatic N) is 1. The summed E-state index contributed by atoms with van der Waals surface area (Å²) in [4.78, 5) is 23.6. The minimum absolute atomic E-state index is 0. The molecular weight excluding hydrogens is 243 g/mol. The van der Waals surface area contributed by atoms with E-state index >= 15 is 0 Å². The van der Waals surface area contributed by atoms with Gasteiger partial charge in [0, 0.05) is 48.0 Å². The monoisotopic (exact) mass is 257 g/mol. The van der Waals surface area contributed by atoms with E-state index in [1.165, 1.54) is 0 Å². The quantitative estimate of drug-likeness (QED) is 0.548. The Morgan fingerprint density at radius 3 is 2.94 bits per heavy atom. The number of carbonyl (C=O) groups is 1. The number of carbonyl (C=O) groups excluding carboxylic acids is 1. The molecule has 2 heterocycles. The van der Waals surface area contributed by atoms with E-state index in [2.05, 4.69) is 5.32 Å². The van der Waals surface area contributed by atoms with Crippen LogP contribution in [0.25, 0.3) is 0 Å². The molecule has 1 saturated heterocycles. The number of allylic oxidation sites excluding steroid dienone is 2. The van der Waals surface area contributed by atoms with Crippen molar-refractivity contribution in [1.82, 2.24) is 10.2 Å². The second-order valence-corrected chi connectivity index (χ2v) is 4.11. The van der Waals surface area contributed by atoms with Crippen molar-refractivity contribution >= 4 is 41.5 Å². The van der Waals surface area contributed by atoms with Gasteiger partial charge in [-0.15, -0.1) is 0 Å². The number of nitrogens with one attached hydrogen (secondary N) is 1. The zero-order chi connectivity index (χ0) is 12.3. The van der Waals surface area contributed by atoms with Gasteiger partial charge >= 0.3 is 5.97 Å². The molecule has 1 atom stereocenters. The first-order chi connectivity index (χ1) is 8.22. The average molecular weight is 257 g/mol. The second-order valence-electron chi connectivity index (χ2n) is 4.11. The molecule has 5 nitrogen and oxygen atoms in total. The first-order valence-electron chi connectivity index (χ1n) is 5.61. The fraction of sp³-hybridized carbons (Fsp3) is 0.417. The Morgan fingerprint density at radius 2 is 2.28 bits per heavy atom. The van der Waals surface area contributed by atoms with Crippen LogP contribution >= 0.6 is 0 Å². The number of hydrogen-bond donors (Lipinski definition) is 2. The summed E-state index contributed by atoms with van der Waals surface area (Å²) < 4.78 is 0. The minimum Gasteiger partial charge on any atom is -0.480 e. The molecule has 0 saturated carbocycles. The number of dihydropyridines is 1.